The Morgan fingerprint density at radius 2 is 1.82 bits per heavy atom. The van der Waals surface area contributed by atoms with Gasteiger partial charge in [0.15, 0.2) is 5.82 Å². The molecule has 0 fully saturated rings. The molecule has 3 aromatic rings. The van der Waals surface area contributed by atoms with Gasteiger partial charge in [-0.15, -0.1) is 0 Å². The second-order valence-corrected chi connectivity index (χ2v) is 5.17. The molecule has 22 heavy (non-hydrogen) atoms. The number of para-hydroxylation sites is 1. The number of ether oxygens (including phenoxy) is 1. The average Bonchev–Trinajstić information content (AvgIpc) is 2.53. The molecule has 2 aromatic carbocycles. The first-order chi connectivity index (χ1) is 10.6. The van der Waals surface area contributed by atoms with Crippen molar-refractivity contribution < 1.29 is 9.84 Å². The molecule has 0 unspecified atom stereocenters. The first-order valence-electron chi connectivity index (χ1n) is 6.91. The molecular formula is C17H17N3O2. The Bertz CT molecular complexity index is 831. The van der Waals surface area contributed by atoms with Crippen molar-refractivity contribution in [3.63, 3.8) is 0 Å². The Morgan fingerprint density at radius 1 is 1.05 bits per heavy atom. The van der Waals surface area contributed by atoms with Gasteiger partial charge in [0, 0.05) is 25.5 Å². The Kier molecular flexibility index (Phi) is 3.55. The van der Waals surface area contributed by atoms with Crippen LogP contribution in [0.25, 0.3) is 22.3 Å². The molecule has 0 bridgehead atoms. The molecule has 5 heteroatoms. The van der Waals surface area contributed by atoms with Gasteiger partial charge in [0.05, 0.1) is 18.2 Å². The van der Waals surface area contributed by atoms with E-state index in [0.29, 0.717) is 11.4 Å². The van der Waals surface area contributed by atoms with Crippen LogP contribution in [0.4, 0.5) is 5.82 Å². The first kappa shape index (κ1) is 14.1. The fourth-order valence-electron chi connectivity index (χ4n) is 2.34. The molecule has 1 aromatic heterocycles. The smallest absolute Gasteiger partial charge is 0.165 e. The zero-order valence-electron chi connectivity index (χ0n) is 12.7. The number of benzene rings is 2. The van der Waals surface area contributed by atoms with E-state index in [-0.39, 0.29) is 5.75 Å². The highest BCUT2D eigenvalue weighted by molar-refractivity contribution is 5.92. The summed E-state index contributed by atoms with van der Waals surface area (Å²) < 4.78 is 5.27. The predicted octanol–water partition coefficient (Wildman–Crippen LogP) is 3.08. The minimum Gasteiger partial charge on any atom is -0.507 e. The normalized spacial score (nSPS) is 10.7. The molecule has 0 aliphatic carbocycles. The summed E-state index contributed by atoms with van der Waals surface area (Å²) in [4.78, 5) is 11.1. The monoisotopic (exact) mass is 295 g/mol. The Labute approximate surface area is 128 Å². The van der Waals surface area contributed by atoms with Crippen LogP contribution in [0.3, 0.4) is 0 Å². The Balaban J connectivity index is 2.30. The lowest BCUT2D eigenvalue weighted by Crippen LogP contribution is -2.12. The molecular weight excluding hydrogens is 278 g/mol. The maximum Gasteiger partial charge on any atom is 0.165 e. The zero-order valence-corrected chi connectivity index (χ0v) is 12.7. The van der Waals surface area contributed by atoms with E-state index in [2.05, 4.69) is 9.97 Å². The second-order valence-electron chi connectivity index (χ2n) is 5.17. The van der Waals surface area contributed by atoms with Crippen molar-refractivity contribution in [1.82, 2.24) is 9.97 Å². The molecule has 0 radical (unpaired) electrons. The fraction of sp³-hybridized carbons (Fsp3) is 0.176. The van der Waals surface area contributed by atoms with Gasteiger partial charge in [0.1, 0.15) is 17.3 Å². The number of phenolic OH excluding ortho intramolecular Hbond substituents is 1. The van der Waals surface area contributed by atoms with E-state index in [9.17, 15) is 5.11 Å². The van der Waals surface area contributed by atoms with E-state index in [1.807, 2.05) is 43.3 Å². The van der Waals surface area contributed by atoms with Gasteiger partial charge in [0.2, 0.25) is 0 Å². The summed E-state index contributed by atoms with van der Waals surface area (Å²) in [6.07, 6.45) is 0. The van der Waals surface area contributed by atoms with E-state index in [1.54, 1.807) is 25.3 Å². The summed E-state index contributed by atoms with van der Waals surface area (Å²) in [6, 6.07) is 12.8. The van der Waals surface area contributed by atoms with Crippen molar-refractivity contribution in [2.45, 2.75) is 0 Å². The van der Waals surface area contributed by atoms with Gasteiger partial charge in [-0.3, -0.25) is 0 Å². The highest BCUT2D eigenvalue weighted by Crippen LogP contribution is 2.32. The Hall–Kier alpha value is -2.82. The number of methoxy groups -OCH3 is 1. The number of nitrogens with zero attached hydrogens (tertiary/aromatic N) is 3. The summed E-state index contributed by atoms with van der Waals surface area (Å²) in [5, 5.41) is 11.0. The highest BCUT2D eigenvalue weighted by Gasteiger charge is 2.13. The van der Waals surface area contributed by atoms with Crippen molar-refractivity contribution in [1.29, 1.82) is 0 Å². The van der Waals surface area contributed by atoms with Gasteiger partial charge in [-0.25, -0.2) is 9.97 Å². The van der Waals surface area contributed by atoms with Crippen LogP contribution in [0.1, 0.15) is 0 Å². The average molecular weight is 295 g/mol. The molecule has 112 valence electrons. The van der Waals surface area contributed by atoms with Crippen molar-refractivity contribution in [2.24, 2.45) is 0 Å². The maximum absolute atomic E-state index is 10.0. The molecule has 0 aliphatic heterocycles. The van der Waals surface area contributed by atoms with Crippen LogP contribution in [-0.2, 0) is 0 Å². The lowest BCUT2D eigenvalue weighted by Gasteiger charge is -2.16. The van der Waals surface area contributed by atoms with E-state index in [4.69, 9.17) is 4.74 Å². The molecule has 0 amide bonds. The lowest BCUT2D eigenvalue weighted by atomic mass is 10.1. The van der Waals surface area contributed by atoms with Gasteiger partial charge in [0.25, 0.3) is 0 Å². The SMILES string of the molecule is COc1ccc2c(N(C)C)nc(-c3ccccc3O)nc2c1. The predicted molar refractivity (Wildman–Crippen MR) is 87.5 cm³/mol. The number of anilines is 1. The number of rotatable bonds is 3. The maximum atomic E-state index is 10.0. The number of aromatic nitrogens is 2. The van der Waals surface area contributed by atoms with Crippen LogP contribution in [0.15, 0.2) is 42.5 Å². The quantitative estimate of drug-likeness (QED) is 0.804. The largest absolute Gasteiger partial charge is 0.507 e. The third-order valence-corrected chi connectivity index (χ3v) is 3.45. The molecule has 5 nitrogen and oxygen atoms in total. The van der Waals surface area contributed by atoms with Crippen molar-refractivity contribution in [3.8, 4) is 22.9 Å². The van der Waals surface area contributed by atoms with Crippen LogP contribution < -0.4 is 9.64 Å². The van der Waals surface area contributed by atoms with Crippen LogP contribution >= 0.6 is 0 Å². The molecule has 0 saturated heterocycles. The molecule has 0 atom stereocenters. The van der Waals surface area contributed by atoms with Crippen LogP contribution in [0.5, 0.6) is 11.5 Å². The number of phenols is 1. The van der Waals surface area contributed by atoms with Crippen molar-refractivity contribution >= 4 is 16.7 Å². The summed E-state index contributed by atoms with van der Waals surface area (Å²) >= 11 is 0. The molecule has 0 saturated carbocycles. The van der Waals surface area contributed by atoms with E-state index >= 15 is 0 Å². The molecule has 0 spiro atoms. The fourth-order valence-corrected chi connectivity index (χ4v) is 2.34. The third kappa shape index (κ3) is 2.41. The van der Waals surface area contributed by atoms with Gasteiger partial charge in [-0.2, -0.15) is 0 Å². The third-order valence-electron chi connectivity index (χ3n) is 3.45. The molecule has 1 N–H and O–H groups in total. The van der Waals surface area contributed by atoms with Gasteiger partial charge in [-0.1, -0.05) is 12.1 Å². The molecule has 1 heterocycles. The van der Waals surface area contributed by atoms with Crippen LogP contribution in [-0.4, -0.2) is 36.3 Å². The standard InChI is InChI=1S/C17H17N3O2/c1-20(2)17-12-9-8-11(22-3)10-14(12)18-16(19-17)13-6-4-5-7-15(13)21/h4-10,21H,1-3H3. The van der Waals surface area contributed by atoms with Gasteiger partial charge in [-0.05, 0) is 24.3 Å². The summed E-state index contributed by atoms with van der Waals surface area (Å²) in [7, 11) is 5.49. The minimum atomic E-state index is 0.162. The van der Waals surface area contributed by atoms with E-state index in [0.717, 1.165) is 22.5 Å². The van der Waals surface area contributed by atoms with Crippen molar-refractivity contribution in [2.75, 3.05) is 26.1 Å². The number of aromatic hydroxyl groups is 1. The topological polar surface area (TPSA) is 58.5 Å². The molecule has 3 rings (SSSR count). The first-order valence-corrected chi connectivity index (χ1v) is 6.91. The van der Waals surface area contributed by atoms with Crippen LogP contribution in [0.2, 0.25) is 0 Å². The van der Waals surface area contributed by atoms with Crippen LogP contribution in [0, 0.1) is 0 Å². The van der Waals surface area contributed by atoms with Crippen molar-refractivity contribution in [3.05, 3.63) is 42.5 Å². The summed E-state index contributed by atoms with van der Waals surface area (Å²) in [6.45, 7) is 0. The summed E-state index contributed by atoms with van der Waals surface area (Å²) in [5.41, 5.74) is 1.38. The summed E-state index contributed by atoms with van der Waals surface area (Å²) in [5.74, 6) is 2.18. The minimum absolute atomic E-state index is 0.162. The number of hydrogen-bond donors (Lipinski definition) is 1. The highest BCUT2D eigenvalue weighted by atomic mass is 16.5. The Morgan fingerprint density at radius 3 is 2.50 bits per heavy atom. The number of fused-ring (bicyclic) bond motifs is 1. The van der Waals surface area contributed by atoms with Gasteiger partial charge >= 0.3 is 0 Å². The lowest BCUT2D eigenvalue weighted by molar-refractivity contribution is 0.415. The zero-order chi connectivity index (χ0) is 15.7. The molecule has 0 aliphatic rings. The second kappa shape index (κ2) is 5.52. The van der Waals surface area contributed by atoms with Gasteiger partial charge < -0.3 is 14.7 Å². The number of hydrogen-bond acceptors (Lipinski definition) is 5. The van der Waals surface area contributed by atoms with E-state index in [1.165, 1.54) is 0 Å². The van der Waals surface area contributed by atoms with E-state index < -0.39 is 0 Å².